The quantitative estimate of drug-likeness (QED) is 0.372. The lowest BCUT2D eigenvalue weighted by Crippen LogP contribution is -2.53. The molecule has 0 bridgehead atoms. The molecule has 3 aromatic rings. The van der Waals surface area contributed by atoms with Crippen LogP contribution in [-0.2, 0) is 27.6 Å². The van der Waals surface area contributed by atoms with Gasteiger partial charge in [-0.1, -0.05) is 35.9 Å². The Morgan fingerprint density at radius 2 is 1.89 bits per heavy atom. The number of para-hydroxylation sites is 1. The maximum absolute atomic E-state index is 13.9. The van der Waals surface area contributed by atoms with Gasteiger partial charge in [-0.2, -0.15) is 0 Å². The van der Waals surface area contributed by atoms with Crippen molar-refractivity contribution in [2.45, 2.75) is 49.1 Å². The first-order valence-electron chi connectivity index (χ1n) is 12.4. The molecule has 2 heterocycles. The summed E-state index contributed by atoms with van der Waals surface area (Å²) in [7, 11) is -3.96. The molecule has 1 amide bonds. The van der Waals surface area contributed by atoms with Crippen LogP contribution in [0.2, 0.25) is 5.02 Å². The first-order valence-corrected chi connectivity index (χ1v) is 15.0. The van der Waals surface area contributed by atoms with Crippen LogP contribution in [0.25, 0.3) is 0 Å². The Kier molecular flexibility index (Phi) is 7.57. The highest BCUT2D eigenvalue weighted by Gasteiger charge is 2.38. The molecule has 1 fully saturated rings. The third-order valence-electron chi connectivity index (χ3n) is 7.25. The summed E-state index contributed by atoms with van der Waals surface area (Å²) in [5.74, 6) is -0.827. The summed E-state index contributed by atoms with van der Waals surface area (Å²) in [6.07, 6.45) is 2.08. The molecule has 2 aliphatic rings. The van der Waals surface area contributed by atoms with E-state index in [1.165, 1.54) is 22.5 Å². The Morgan fingerprint density at radius 3 is 2.63 bits per heavy atom. The van der Waals surface area contributed by atoms with Crippen molar-refractivity contribution in [1.82, 2.24) is 5.32 Å². The molecule has 0 aliphatic carbocycles. The van der Waals surface area contributed by atoms with Gasteiger partial charge >= 0.3 is 0 Å². The summed E-state index contributed by atoms with van der Waals surface area (Å²) in [4.78, 5) is 13.6. The van der Waals surface area contributed by atoms with Gasteiger partial charge in [-0.15, -0.1) is 0 Å². The van der Waals surface area contributed by atoms with Crippen molar-refractivity contribution in [2.24, 2.45) is 0 Å². The standard InChI is InChI=1S/C28H27BrClFN2O4S/c1-18-14-19-4-2-3-5-25(19)33(18)38(35,36)26-15-20(7-9-23(26)29)27(34)32-28(10-12-37-13-11-28)17-21-6-8-22(31)16-24(21)30/h2-9,15-16,18H,10-14,17H2,1H3,(H,32,34). The number of nitrogens with zero attached hydrogens (tertiary/aromatic N) is 1. The first-order chi connectivity index (χ1) is 18.1. The average molecular weight is 622 g/mol. The van der Waals surface area contributed by atoms with E-state index in [9.17, 15) is 17.6 Å². The van der Waals surface area contributed by atoms with Gasteiger partial charge in [0.2, 0.25) is 0 Å². The van der Waals surface area contributed by atoms with Gasteiger partial charge in [0.05, 0.1) is 5.69 Å². The first kappa shape index (κ1) is 27.1. The minimum absolute atomic E-state index is 0.0244. The Bertz CT molecular complexity index is 1490. The van der Waals surface area contributed by atoms with Gasteiger partial charge in [-0.3, -0.25) is 9.10 Å². The normalized spacial score (nSPS) is 18.7. The zero-order chi connectivity index (χ0) is 27.1. The van der Waals surface area contributed by atoms with Crippen LogP contribution in [0.3, 0.4) is 0 Å². The molecule has 0 radical (unpaired) electrons. The van der Waals surface area contributed by atoms with Gasteiger partial charge in [0, 0.05) is 39.9 Å². The smallest absolute Gasteiger partial charge is 0.265 e. The Balaban J connectivity index is 1.45. The molecule has 2 aliphatic heterocycles. The van der Waals surface area contributed by atoms with E-state index >= 15 is 0 Å². The van der Waals surface area contributed by atoms with Gasteiger partial charge < -0.3 is 10.1 Å². The fourth-order valence-corrected chi connectivity index (χ4v) is 8.18. The van der Waals surface area contributed by atoms with E-state index in [2.05, 4.69) is 21.2 Å². The second-order valence-electron chi connectivity index (χ2n) is 9.89. The van der Waals surface area contributed by atoms with Crippen molar-refractivity contribution >= 4 is 49.1 Å². The zero-order valence-electron chi connectivity index (χ0n) is 20.7. The molecule has 1 atom stereocenters. The largest absolute Gasteiger partial charge is 0.381 e. The van der Waals surface area contributed by atoms with Gasteiger partial charge in [0.15, 0.2) is 0 Å². The molecule has 38 heavy (non-hydrogen) atoms. The number of nitrogens with one attached hydrogen (secondary N) is 1. The number of ether oxygens (including phenoxy) is 1. The van der Waals surface area contributed by atoms with Crippen LogP contribution < -0.4 is 9.62 Å². The molecule has 10 heteroatoms. The van der Waals surface area contributed by atoms with Crippen LogP contribution in [-0.4, -0.2) is 39.1 Å². The van der Waals surface area contributed by atoms with Crippen molar-refractivity contribution in [3.05, 3.63) is 92.7 Å². The number of carbonyl (C=O) groups excluding carboxylic acids is 1. The summed E-state index contributed by atoms with van der Waals surface area (Å²) < 4.78 is 48.7. The van der Waals surface area contributed by atoms with E-state index in [1.54, 1.807) is 24.3 Å². The van der Waals surface area contributed by atoms with Gasteiger partial charge in [-0.05, 0) is 96.1 Å². The Morgan fingerprint density at radius 1 is 1.16 bits per heavy atom. The maximum atomic E-state index is 13.9. The molecule has 5 rings (SSSR count). The van der Waals surface area contributed by atoms with Gasteiger partial charge in [0.25, 0.3) is 15.9 Å². The Labute approximate surface area is 235 Å². The number of hydrogen-bond donors (Lipinski definition) is 1. The molecular formula is C28H27BrClFN2O4S. The average Bonchev–Trinajstić information content (AvgIpc) is 3.23. The molecule has 6 nitrogen and oxygen atoms in total. The van der Waals surface area contributed by atoms with Crippen LogP contribution in [0, 0.1) is 5.82 Å². The topological polar surface area (TPSA) is 75.7 Å². The number of carbonyl (C=O) groups is 1. The monoisotopic (exact) mass is 620 g/mol. The number of halogens is 3. The van der Waals surface area contributed by atoms with E-state index < -0.39 is 27.3 Å². The third kappa shape index (κ3) is 5.21. The van der Waals surface area contributed by atoms with E-state index in [0.29, 0.717) is 54.1 Å². The van der Waals surface area contributed by atoms with Crippen molar-refractivity contribution in [1.29, 1.82) is 0 Å². The van der Waals surface area contributed by atoms with Crippen LogP contribution in [0.15, 0.2) is 70.0 Å². The lowest BCUT2D eigenvalue weighted by molar-refractivity contribution is 0.0359. The van der Waals surface area contributed by atoms with Crippen molar-refractivity contribution < 1.29 is 22.3 Å². The molecule has 3 aromatic carbocycles. The fourth-order valence-electron chi connectivity index (χ4n) is 5.30. The number of hydrogen-bond acceptors (Lipinski definition) is 4. The predicted molar refractivity (Wildman–Crippen MR) is 149 cm³/mol. The second-order valence-corrected chi connectivity index (χ2v) is 12.9. The number of sulfonamides is 1. The number of anilines is 1. The van der Waals surface area contributed by atoms with Crippen molar-refractivity contribution in [3.63, 3.8) is 0 Å². The molecule has 1 N–H and O–H groups in total. The molecule has 1 unspecified atom stereocenters. The summed E-state index contributed by atoms with van der Waals surface area (Å²) in [5.41, 5.74) is 1.89. The molecular weight excluding hydrogens is 595 g/mol. The number of fused-ring (bicyclic) bond motifs is 1. The summed E-state index contributed by atoms with van der Waals surface area (Å²) in [6, 6.07) is 16.0. The maximum Gasteiger partial charge on any atom is 0.265 e. The highest BCUT2D eigenvalue weighted by molar-refractivity contribution is 9.10. The zero-order valence-corrected chi connectivity index (χ0v) is 23.9. The fraction of sp³-hybridized carbons (Fsp3) is 0.321. The van der Waals surface area contributed by atoms with Crippen molar-refractivity contribution in [2.75, 3.05) is 17.5 Å². The van der Waals surface area contributed by atoms with E-state index in [0.717, 1.165) is 11.1 Å². The van der Waals surface area contributed by atoms with Crippen LogP contribution in [0.1, 0.15) is 41.3 Å². The van der Waals surface area contributed by atoms with Gasteiger partial charge in [-0.25, -0.2) is 12.8 Å². The van der Waals surface area contributed by atoms with E-state index in [4.69, 9.17) is 16.3 Å². The van der Waals surface area contributed by atoms with Crippen LogP contribution >= 0.6 is 27.5 Å². The lowest BCUT2D eigenvalue weighted by atomic mass is 9.83. The number of rotatable bonds is 6. The minimum Gasteiger partial charge on any atom is -0.381 e. The lowest BCUT2D eigenvalue weighted by Gasteiger charge is -2.38. The van der Waals surface area contributed by atoms with Crippen LogP contribution in [0.5, 0.6) is 0 Å². The molecule has 0 saturated carbocycles. The minimum atomic E-state index is -3.96. The summed E-state index contributed by atoms with van der Waals surface area (Å²) in [5, 5.41) is 3.43. The van der Waals surface area contributed by atoms with E-state index in [1.807, 2.05) is 25.1 Å². The second kappa shape index (κ2) is 10.6. The number of amides is 1. The predicted octanol–water partition coefficient (Wildman–Crippen LogP) is 5.90. The molecule has 0 spiro atoms. The molecule has 1 saturated heterocycles. The highest BCUT2D eigenvalue weighted by Crippen LogP contribution is 2.38. The van der Waals surface area contributed by atoms with Crippen molar-refractivity contribution in [3.8, 4) is 0 Å². The Hall–Kier alpha value is -2.46. The summed E-state index contributed by atoms with van der Waals surface area (Å²) >= 11 is 9.69. The van der Waals surface area contributed by atoms with E-state index in [-0.39, 0.29) is 16.5 Å². The SMILES string of the molecule is CC1Cc2ccccc2N1S(=O)(=O)c1cc(C(=O)NC2(Cc3ccc(F)cc3Cl)CCOCC2)ccc1Br. The van der Waals surface area contributed by atoms with Crippen LogP contribution in [0.4, 0.5) is 10.1 Å². The molecule has 0 aromatic heterocycles. The summed E-state index contributed by atoms with van der Waals surface area (Å²) in [6.45, 7) is 2.77. The highest BCUT2D eigenvalue weighted by atomic mass is 79.9. The number of benzene rings is 3. The third-order valence-corrected chi connectivity index (χ3v) is 10.5. The molecule has 200 valence electrons. The van der Waals surface area contributed by atoms with Gasteiger partial charge in [0.1, 0.15) is 10.7 Å².